The van der Waals surface area contributed by atoms with Crippen LogP contribution in [0.5, 0.6) is 0 Å². The van der Waals surface area contributed by atoms with E-state index < -0.39 is 0 Å². The standard InChI is InChI=1S/C41H27N3/c1-4-14-28(15-5-1)34-25-24-32(27-37(34)38-26-31-20-10-11-21-33(31)35-22-12-13-23-36(35)38)41-43-39(29-16-6-2-7-17-29)42-40(44-41)30-18-8-3-9-19-30/h1-27H. The van der Waals surface area contributed by atoms with Gasteiger partial charge in [0.05, 0.1) is 0 Å². The molecule has 8 rings (SSSR count). The maximum Gasteiger partial charge on any atom is 0.164 e. The highest BCUT2D eigenvalue weighted by Crippen LogP contribution is 2.41. The molecule has 8 aromatic rings. The highest BCUT2D eigenvalue weighted by atomic mass is 15.0. The Hall–Kier alpha value is -5.93. The van der Waals surface area contributed by atoms with Gasteiger partial charge in [0.15, 0.2) is 17.5 Å². The van der Waals surface area contributed by atoms with Crippen LogP contribution in [0.4, 0.5) is 0 Å². The minimum atomic E-state index is 0.642. The van der Waals surface area contributed by atoms with Crippen LogP contribution >= 0.6 is 0 Å². The molecule has 1 aromatic heterocycles. The molecule has 0 amide bonds. The fourth-order valence-corrected chi connectivity index (χ4v) is 5.99. The molecule has 0 radical (unpaired) electrons. The molecule has 3 nitrogen and oxygen atoms in total. The second-order valence-corrected chi connectivity index (χ2v) is 10.9. The molecule has 0 bridgehead atoms. The highest BCUT2D eigenvalue weighted by molar-refractivity contribution is 6.15. The molecule has 0 unspecified atom stereocenters. The second kappa shape index (κ2) is 11.0. The first-order valence-corrected chi connectivity index (χ1v) is 14.8. The zero-order valence-electron chi connectivity index (χ0n) is 23.9. The molecule has 0 fully saturated rings. The molecule has 0 spiro atoms. The van der Waals surface area contributed by atoms with Crippen molar-refractivity contribution in [3.8, 4) is 56.4 Å². The Labute approximate surface area is 256 Å². The summed E-state index contributed by atoms with van der Waals surface area (Å²) >= 11 is 0. The molecule has 0 saturated heterocycles. The molecule has 0 aliphatic rings. The van der Waals surface area contributed by atoms with Crippen LogP contribution in [-0.2, 0) is 0 Å². The van der Waals surface area contributed by atoms with Crippen molar-refractivity contribution in [3.63, 3.8) is 0 Å². The van der Waals surface area contributed by atoms with Crippen LogP contribution in [0.3, 0.4) is 0 Å². The van der Waals surface area contributed by atoms with Gasteiger partial charge in [-0.25, -0.2) is 15.0 Å². The van der Waals surface area contributed by atoms with E-state index in [9.17, 15) is 0 Å². The van der Waals surface area contributed by atoms with E-state index in [2.05, 4.69) is 103 Å². The molecule has 7 aromatic carbocycles. The van der Waals surface area contributed by atoms with Crippen molar-refractivity contribution in [2.75, 3.05) is 0 Å². The van der Waals surface area contributed by atoms with E-state index in [0.29, 0.717) is 17.5 Å². The fourth-order valence-electron chi connectivity index (χ4n) is 5.99. The van der Waals surface area contributed by atoms with E-state index in [1.165, 1.54) is 27.1 Å². The molecule has 44 heavy (non-hydrogen) atoms. The van der Waals surface area contributed by atoms with Gasteiger partial charge in [0, 0.05) is 16.7 Å². The van der Waals surface area contributed by atoms with Gasteiger partial charge in [-0.05, 0) is 55.9 Å². The van der Waals surface area contributed by atoms with Crippen LogP contribution in [0.15, 0.2) is 164 Å². The summed E-state index contributed by atoms with van der Waals surface area (Å²) in [6.07, 6.45) is 0. The lowest BCUT2D eigenvalue weighted by molar-refractivity contribution is 1.07. The van der Waals surface area contributed by atoms with Gasteiger partial charge in [-0.2, -0.15) is 0 Å². The van der Waals surface area contributed by atoms with E-state index >= 15 is 0 Å². The smallest absolute Gasteiger partial charge is 0.164 e. The maximum absolute atomic E-state index is 5.03. The number of rotatable bonds is 5. The van der Waals surface area contributed by atoms with Gasteiger partial charge in [-0.3, -0.25) is 0 Å². The Morgan fingerprint density at radius 1 is 0.273 bits per heavy atom. The summed E-state index contributed by atoms with van der Waals surface area (Å²) in [5, 5.41) is 4.92. The van der Waals surface area contributed by atoms with Crippen LogP contribution in [0.25, 0.3) is 78.0 Å². The third-order valence-electron chi connectivity index (χ3n) is 8.12. The molecule has 1 heterocycles. The molecule has 0 N–H and O–H groups in total. The first-order chi connectivity index (χ1) is 21.8. The fraction of sp³-hybridized carbons (Fsp3) is 0. The van der Waals surface area contributed by atoms with Crippen molar-refractivity contribution in [2.24, 2.45) is 0 Å². The number of hydrogen-bond acceptors (Lipinski definition) is 3. The molecule has 0 aliphatic heterocycles. The number of hydrogen-bond donors (Lipinski definition) is 0. The second-order valence-electron chi connectivity index (χ2n) is 10.9. The van der Waals surface area contributed by atoms with E-state index in [4.69, 9.17) is 15.0 Å². The Bertz CT molecular complexity index is 2200. The minimum absolute atomic E-state index is 0.642. The van der Waals surface area contributed by atoms with Crippen LogP contribution in [0.2, 0.25) is 0 Å². The maximum atomic E-state index is 5.03. The average molecular weight is 562 g/mol. The highest BCUT2D eigenvalue weighted by Gasteiger charge is 2.17. The summed E-state index contributed by atoms with van der Waals surface area (Å²) in [5.41, 5.74) is 7.49. The van der Waals surface area contributed by atoms with Crippen molar-refractivity contribution in [2.45, 2.75) is 0 Å². The van der Waals surface area contributed by atoms with E-state index in [1.807, 2.05) is 60.7 Å². The van der Waals surface area contributed by atoms with Gasteiger partial charge in [0.2, 0.25) is 0 Å². The average Bonchev–Trinajstić information content (AvgIpc) is 3.12. The van der Waals surface area contributed by atoms with Gasteiger partial charge in [0.1, 0.15) is 0 Å². The van der Waals surface area contributed by atoms with Crippen molar-refractivity contribution < 1.29 is 0 Å². The van der Waals surface area contributed by atoms with Crippen molar-refractivity contribution in [1.82, 2.24) is 15.0 Å². The predicted molar refractivity (Wildman–Crippen MR) is 182 cm³/mol. The van der Waals surface area contributed by atoms with Gasteiger partial charge < -0.3 is 0 Å². The molecule has 206 valence electrons. The third kappa shape index (κ3) is 4.71. The summed E-state index contributed by atoms with van der Waals surface area (Å²) in [4.78, 5) is 15.0. The lowest BCUT2D eigenvalue weighted by Gasteiger charge is -2.17. The van der Waals surface area contributed by atoms with Gasteiger partial charge in [-0.15, -0.1) is 0 Å². The number of aromatic nitrogens is 3. The van der Waals surface area contributed by atoms with Crippen molar-refractivity contribution in [1.29, 1.82) is 0 Å². The monoisotopic (exact) mass is 561 g/mol. The zero-order valence-corrected chi connectivity index (χ0v) is 23.9. The normalized spacial score (nSPS) is 11.2. The molecule has 0 atom stereocenters. The van der Waals surface area contributed by atoms with Crippen molar-refractivity contribution in [3.05, 3.63) is 164 Å². The van der Waals surface area contributed by atoms with Crippen LogP contribution < -0.4 is 0 Å². The number of nitrogens with zero attached hydrogens (tertiary/aromatic N) is 3. The van der Waals surface area contributed by atoms with E-state index in [0.717, 1.165) is 33.4 Å². The quantitative estimate of drug-likeness (QED) is 0.196. The van der Waals surface area contributed by atoms with Crippen molar-refractivity contribution >= 4 is 21.5 Å². The van der Waals surface area contributed by atoms with Crippen LogP contribution in [0, 0.1) is 0 Å². The summed E-state index contributed by atoms with van der Waals surface area (Å²) in [7, 11) is 0. The van der Waals surface area contributed by atoms with E-state index in [1.54, 1.807) is 0 Å². The Morgan fingerprint density at radius 3 is 1.36 bits per heavy atom. The molecule has 0 saturated carbocycles. The zero-order chi connectivity index (χ0) is 29.3. The lowest BCUT2D eigenvalue weighted by Crippen LogP contribution is -2.00. The summed E-state index contributed by atoms with van der Waals surface area (Å²) in [5.74, 6) is 1.95. The molecule has 0 aliphatic carbocycles. The first-order valence-electron chi connectivity index (χ1n) is 14.8. The third-order valence-corrected chi connectivity index (χ3v) is 8.12. The molecule has 3 heteroatoms. The van der Waals surface area contributed by atoms with Gasteiger partial charge in [0.25, 0.3) is 0 Å². The van der Waals surface area contributed by atoms with E-state index in [-0.39, 0.29) is 0 Å². The number of fused-ring (bicyclic) bond motifs is 3. The Kier molecular flexibility index (Phi) is 6.47. The SMILES string of the molecule is c1ccc(-c2nc(-c3ccccc3)nc(-c3ccc(-c4ccccc4)c(-c4cc5ccccc5c5ccccc45)c3)n2)cc1. The van der Waals surface area contributed by atoms with Crippen LogP contribution in [0.1, 0.15) is 0 Å². The lowest BCUT2D eigenvalue weighted by atomic mass is 9.88. The minimum Gasteiger partial charge on any atom is -0.208 e. The molecular formula is C41H27N3. The topological polar surface area (TPSA) is 38.7 Å². The predicted octanol–water partition coefficient (Wildman–Crippen LogP) is 10.5. The largest absolute Gasteiger partial charge is 0.208 e. The number of benzene rings is 7. The molecular weight excluding hydrogens is 534 g/mol. The Balaban J connectivity index is 1.40. The summed E-state index contributed by atoms with van der Waals surface area (Å²) in [6.45, 7) is 0. The summed E-state index contributed by atoms with van der Waals surface area (Å²) < 4.78 is 0. The first kappa shape index (κ1) is 25.8. The van der Waals surface area contributed by atoms with Gasteiger partial charge >= 0.3 is 0 Å². The van der Waals surface area contributed by atoms with Gasteiger partial charge in [-0.1, -0.05) is 152 Å². The Morgan fingerprint density at radius 2 is 0.750 bits per heavy atom. The summed E-state index contributed by atoms with van der Waals surface area (Å²) in [6, 6.07) is 57.0. The van der Waals surface area contributed by atoms with Crippen LogP contribution in [-0.4, -0.2) is 15.0 Å².